The van der Waals surface area contributed by atoms with Gasteiger partial charge in [0.2, 0.25) is 0 Å². The molecule has 3 atom stereocenters. The second-order valence-electron chi connectivity index (χ2n) is 7.37. The minimum absolute atomic E-state index is 0.0979. The fourth-order valence-electron chi connectivity index (χ4n) is 2.74. The molecule has 3 unspecified atom stereocenters. The molecule has 1 N–H and O–H groups in total. The third-order valence-electron chi connectivity index (χ3n) is 4.35. The van der Waals surface area contributed by atoms with Crippen LogP contribution in [0.1, 0.15) is 72.4 Å². The summed E-state index contributed by atoms with van der Waals surface area (Å²) in [5, 5.41) is 3.82. The summed E-state index contributed by atoms with van der Waals surface area (Å²) in [6.45, 7) is 13.5. The van der Waals surface area contributed by atoms with Gasteiger partial charge in [-0.3, -0.25) is 0 Å². The van der Waals surface area contributed by atoms with Crippen LogP contribution in [-0.4, -0.2) is 6.04 Å². The third-order valence-corrected chi connectivity index (χ3v) is 4.35. The lowest BCUT2D eigenvalue weighted by molar-refractivity contribution is 0.231. The first-order valence-corrected chi connectivity index (χ1v) is 8.29. The van der Waals surface area contributed by atoms with Crippen LogP contribution in [0.4, 0.5) is 4.39 Å². The third kappa shape index (κ3) is 5.78. The van der Waals surface area contributed by atoms with Crippen LogP contribution in [0.2, 0.25) is 0 Å². The zero-order valence-corrected chi connectivity index (χ0v) is 14.5. The number of hydrogen-bond donors (Lipinski definition) is 1. The fourth-order valence-corrected chi connectivity index (χ4v) is 2.74. The van der Waals surface area contributed by atoms with Gasteiger partial charge in [-0.15, -0.1) is 0 Å². The van der Waals surface area contributed by atoms with Crippen molar-refractivity contribution < 1.29 is 4.39 Å². The van der Waals surface area contributed by atoms with Crippen LogP contribution in [0.25, 0.3) is 0 Å². The Morgan fingerprint density at radius 2 is 1.62 bits per heavy atom. The number of benzene rings is 1. The summed E-state index contributed by atoms with van der Waals surface area (Å²) in [5.74, 6) is 0.564. The molecule has 0 amide bonds. The first-order valence-electron chi connectivity index (χ1n) is 8.29. The standard InChI is InChI=1S/C19H32FN/c1-7-14(3)13-17(8-2)21-18(19(4,5)6)15-9-11-16(20)12-10-15/h9-12,14,17-18,21H,7-8,13H2,1-6H3. The van der Waals surface area contributed by atoms with Crippen molar-refractivity contribution in [3.8, 4) is 0 Å². The molecule has 1 aromatic rings. The second-order valence-corrected chi connectivity index (χ2v) is 7.37. The minimum atomic E-state index is -0.168. The summed E-state index contributed by atoms with van der Waals surface area (Å²) in [6, 6.07) is 7.69. The summed E-state index contributed by atoms with van der Waals surface area (Å²) >= 11 is 0. The van der Waals surface area contributed by atoms with E-state index in [1.807, 2.05) is 12.1 Å². The molecule has 21 heavy (non-hydrogen) atoms. The SMILES string of the molecule is CCC(C)CC(CC)NC(c1ccc(F)cc1)C(C)(C)C. The number of nitrogens with one attached hydrogen (secondary N) is 1. The van der Waals surface area contributed by atoms with E-state index >= 15 is 0 Å². The molecule has 1 nitrogen and oxygen atoms in total. The van der Waals surface area contributed by atoms with Gasteiger partial charge in [0, 0.05) is 12.1 Å². The van der Waals surface area contributed by atoms with Gasteiger partial charge in [0.1, 0.15) is 5.82 Å². The van der Waals surface area contributed by atoms with E-state index in [0.717, 1.165) is 12.3 Å². The van der Waals surface area contributed by atoms with Crippen molar-refractivity contribution in [1.29, 1.82) is 0 Å². The predicted octanol–water partition coefficient (Wildman–Crippen LogP) is 5.72. The van der Waals surface area contributed by atoms with Crippen molar-refractivity contribution in [3.05, 3.63) is 35.6 Å². The molecule has 0 aliphatic carbocycles. The predicted molar refractivity (Wildman–Crippen MR) is 89.9 cm³/mol. The van der Waals surface area contributed by atoms with E-state index in [1.54, 1.807) is 12.1 Å². The second kappa shape index (κ2) is 7.93. The van der Waals surface area contributed by atoms with Crippen LogP contribution in [0.5, 0.6) is 0 Å². The van der Waals surface area contributed by atoms with E-state index in [9.17, 15) is 4.39 Å². The molecule has 0 saturated heterocycles. The van der Waals surface area contributed by atoms with Crippen molar-refractivity contribution in [2.24, 2.45) is 11.3 Å². The maximum absolute atomic E-state index is 13.2. The van der Waals surface area contributed by atoms with Crippen LogP contribution in [0, 0.1) is 17.2 Å². The Kier molecular flexibility index (Phi) is 6.86. The molecule has 1 rings (SSSR count). The molecule has 0 aromatic heterocycles. The average molecular weight is 293 g/mol. The van der Waals surface area contributed by atoms with E-state index in [1.165, 1.54) is 18.4 Å². The molecular weight excluding hydrogens is 261 g/mol. The van der Waals surface area contributed by atoms with E-state index < -0.39 is 0 Å². The molecule has 0 aliphatic heterocycles. The van der Waals surface area contributed by atoms with Gasteiger partial charge in [-0.2, -0.15) is 0 Å². The Balaban J connectivity index is 2.90. The molecule has 0 saturated carbocycles. The molecular formula is C19H32FN. The smallest absolute Gasteiger partial charge is 0.123 e. The molecule has 0 fully saturated rings. The lowest BCUT2D eigenvalue weighted by atomic mass is 9.81. The van der Waals surface area contributed by atoms with Crippen LogP contribution in [-0.2, 0) is 0 Å². The summed E-state index contributed by atoms with van der Waals surface area (Å²) in [6.07, 6.45) is 3.54. The van der Waals surface area contributed by atoms with Crippen LogP contribution in [0.15, 0.2) is 24.3 Å². The van der Waals surface area contributed by atoms with Gasteiger partial charge in [-0.25, -0.2) is 4.39 Å². The molecule has 0 heterocycles. The molecule has 0 radical (unpaired) electrons. The largest absolute Gasteiger partial charge is 0.307 e. The Bertz CT molecular complexity index is 405. The van der Waals surface area contributed by atoms with Gasteiger partial charge < -0.3 is 5.32 Å². The van der Waals surface area contributed by atoms with Crippen molar-refractivity contribution in [2.75, 3.05) is 0 Å². The maximum atomic E-state index is 13.2. The monoisotopic (exact) mass is 293 g/mol. The van der Waals surface area contributed by atoms with Crippen LogP contribution in [0.3, 0.4) is 0 Å². The topological polar surface area (TPSA) is 12.0 Å². The van der Waals surface area contributed by atoms with Crippen molar-refractivity contribution in [1.82, 2.24) is 5.32 Å². The highest BCUT2D eigenvalue weighted by molar-refractivity contribution is 5.22. The van der Waals surface area contributed by atoms with E-state index in [2.05, 4.69) is 46.9 Å². The fraction of sp³-hybridized carbons (Fsp3) is 0.684. The van der Waals surface area contributed by atoms with Crippen LogP contribution >= 0.6 is 0 Å². The highest BCUT2D eigenvalue weighted by Gasteiger charge is 2.28. The summed E-state index contributed by atoms with van der Waals surface area (Å²) in [5.41, 5.74) is 1.27. The Labute approximate surface area is 130 Å². The van der Waals surface area contributed by atoms with Crippen molar-refractivity contribution >= 4 is 0 Å². The lowest BCUT2D eigenvalue weighted by Gasteiger charge is -2.36. The van der Waals surface area contributed by atoms with Gasteiger partial charge in [0.25, 0.3) is 0 Å². The Hall–Kier alpha value is -0.890. The first-order chi connectivity index (χ1) is 9.77. The molecule has 1 aromatic carbocycles. The number of hydrogen-bond acceptors (Lipinski definition) is 1. The molecule has 0 bridgehead atoms. The van der Waals surface area contributed by atoms with Gasteiger partial charge in [-0.05, 0) is 41.9 Å². The first kappa shape index (κ1) is 18.2. The van der Waals surface area contributed by atoms with E-state index in [4.69, 9.17) is 0 Å². The highest BCUT2D eigenvalue weighted by Crippen LogP contribution is 2.34. The Morgan fingerprint density at radius 3 is 2.05 bits per heavy atom. The maximum Gasteiger partial charge on any atom is 0.123 e. The summed E-state index contributed by atoms with van der Waals surface area (Å²) in [7, 11) is 0. The lowest BCUT2D eigenvalue weighted by Crippen LogP contribution is -2.40. The van der Waals surface area contributed by atoms with Crippen molar-refractivity contribution in [2.45, 2.75) is 72.9 Å². The molecule has 2 heteroatoms. The van der Waals surface area contributed by atoms with Gasteiger partial charge >= 0.3 is 0 Å². The number of rotatable bonds is 7. The quantitative estimate of drug-likeness (QED) is 0.678. The average Bonchev–Trinajstić information content (AvgIpc) is 2.43. The summed E-state index contributed by atoms with van der Waals surface area (Å²) < 4.78 is 13.2. The molecule has 0 spiro atoms. The van der Waals surface area contributed by atoms with Crippen LogP contribution < -0.4 is 5.32 Å². The normalized spacial score (nSPS) is 16.5. The van der Waals surface area contributed by atoms with E-state index in [0.29, 0.717) is 6.04 Å². The van der Waals surface area contributed by atoms with Crippen molar-refractivity contribution in [3.63, 3.8) is 0 Å². The van der Waals surface area contributed by atoms with E-state index in [-0.39, 0.29) is 17.3 Å². The number of halogens is 1. The Morgan fingerprint density at radius 1 is 1.05 bits per heavy atom. The van der Waals surface area contributed by atoms with Gasteiger partial charge in [0.05, 0.1) is 0 Å². The molecule has 120 valence electrons. The zero-order valence-electron chi connectivity index (χ0n) is 14.5. The highest BCUT2D eigenvalue weighted by atomic mass is 19.1. The van der Waals surface area contributed by atoms with Gasteiger partial charge in [0.15, 0.2) is 0 Å². The zero-order chi connectivity index (χ0) is 16.0. The molecule has 0 aliphatic rings. The minimum Gasteiger partial charge on any atom is -0.307 e. The summed E-state index contributed by atoms with van der Waals surface area (Å²) in [4.78, 5) is 0. The van der Waals surface area contributed by atoms with Gasteiger partial charge in [-0.1, -0.05) is 60.1 Å².